The lowest BCUT2D eigenvalue weighted by Crippen LogP contribution is -1.95. The zero-order valence-corrected chi connectivity index (χ0v) is 9.81. The van der Waals surface area contributed by atoms with Gasteiger partial charge in [-0.05, 0) is 25.1 Å². The number of rotatable bonds is 1. The zero-order chi connectivity index (χ0) is 12.7. The molecular weight excluding hydrogens is 228 g/mol. The van der Waals surface area contributed by atoms with Crippen molar-refractivity contribution >= 4 is 16.7 Å². The third-order valence-electron chi connectivity index (χ3n) is 3.04. The van der Waals surface area contributed by atoms with Gasteiger partial charge in [-0.1, -0.05) is 6.07 Å². The summed E-state index contributed by atoms with van der Waals surface area (Å²) < 4.78 is 0. The fourth-order valence-corrected chi connectivity index (χ4v) is 1.95. The van der Waals surface area contributed by atoms with Gasteiger partial charge < -0.3 is 10.8 Å². The number of nitrogen functional groups attached to an aromatic ring is 1. The maximum atomic E-state index is 10.0. The lowest BCUT2D eigenvalue weighted by Gasteiger charge is -2.08. The van der Waals surface area contributed by atoms with Gasteiger partial charge in [0.25, 0.3) is 0 Å². The molecule has 2 aromatic heterocycles. The summed E-state index contributed by atoms with van der Waals surface area (Å²) >= 11 is 0. The molecule has 2 heterocycles. The maximum Gasteiger partial charge on any atom is 0.131 e. The Bertz CT molecular complexity index is 719. The monoisotopic (exact) mass is 240 g/mol. The van der Waals surface area contributed by atoms with E-state index in [1.165, 1.54) is 0 Å². The van der Waals surface area contributed by atoms with Crippen molar-refractivity contribution < 1.29 is 5.11 Å². The highest BCUT2D eigenvalue weighted by molar-refractivity contribution is 5.91. The molecule has 0 aliphatic rings. The predicted molar refractivity (Wildman–Crippen MR) is 70.1 cm³/mol. The predicted octanol–water partition coefficient (Wildman–Crippen LogP) is 2.22. The first-order chi connectivity index (χ1) is 8.66. The van der Waals surface area contributed by atoms with Crippen LogP contribution in [0.5, 0.6) is 5.75 Å². The van der Waals surface area contributed by atoms with E-state index in [0.29, 0.717) is 22.3 Å². The Labute approximate surface area is 103 Å². The van der Waals surface area contributed by atoms with E-state index in [0.717, 1.165) is 11.3 Å². The summed E-state index contributed by atoms with van der Waals surface area (Å²) in [6, 6.07) is 7.49. The normalized spacial score (nSPS) is 10.9. The van der Waals surface area contributed by atoms with Gasteiger partial charge in [0.2, 0.25) is 0 Å². The number of aromatic hydroxyl groups is 1. The Hall–Kier alpha value is -2.56. The summed E-state index contributed by atoms with van der Waals surface area (Å²) in [7, 11) is 0. The molecule has 0 aliphatic carbocycles. The number of nitrogens with zero attached hydrogens (tertiary/aromatic N) is 2. The molecule has 3 aromatic rings. The zero-order valence-electron chi connectivity index (χ0n) is 9.81. The van der Waals surface area contributed by atoms with Gasteiger partial charge in [-0.2, -0.15) is 5.10 Å². The van der Waals surface area contributed by atoms with Crippen molar-refractivity contribution in [2.45, 2.75) is 6.92 Å². The van der Waals surface area contributed by atoms with E-state index in [1.54, 1.807) is 13.1 Å². The second kappa shape index (κ2) is 3.73. The van der Waals surface area contributed by atoms with Crippen LogP contribution in [0.25, 0.3) is 22.2 Å². The van der Waals surface area contributed by atoms with Crippen LogP contribution in [0.3, 0.4) is 0 Å². The van der Waals surface area contributed by atoms with E-state index in [4.69, 9.17) is 5.73 Å². The standard InChI is InChI=1S/C13H12N4O/c1-7-12(18)9-3-2-8(10-4-5-15-17-10)6-11(9)16-13(7)14/h2-6H,1H3,(H,15,17)(H3,14,16,18). The minimum Gasteiger partial charge on any atom is -0.507 e. The Morgan fingerprint density at radius 2 is 2.11 bits per heavy atom. The first kappa shape index (κ1) is 10.6. The molecule has 18 heavy (non-hydrogen) atoms. The van der Waals surface area contributed by atoms with Crippen LogP contribution in [0.1, 0.15) is 5.56 Å². The smallest absolute Gasteiger partial charge is 0.131 e. The van der Waals surface area contributed by atoms with Crippen molar-refractivity contribution in [3.8, 4) is 17.0 Å². The van der Waals surface area contributed by atoms with E-state index >= 15 is 0 Å². The van der Waals surface area contributed by atoms with Crippen molar-refractivity contribution in [2.24, 2.45) is 0 Å². The van der Waals surface area contributed by atoms with Gasteiger partial charge in [0.15, 0.2) is 0 Å². The van der Waals surface area contributed by atoms with Crippen molar-refractivity contribution in [3.05, 3.63) is 36.0 Å². The van der Waals surface area contributed by atoms with Gasteiger partial charge in [-0.15, -0.1) is 0 Å². The summed E-state index contributed by atoms with van der Waals surface area (Å²) in [5.41, 5.74) is 8.90. The molecule has 0 atom stereocenters. The molecule has 0 amide bonds. The summed E-state index contributed by atoms with van der Waals surface area (Å²) in [6.45, 7) is 1.75. The molecule has 4 N–H and O–H groups in total. The number of H-pyrrole nitrogens is 1. The van der Waals surface area contributed by atoms with Crippen LogP contribution in [0.4, 0.5) is 5.82 Å². The molecular formula is C13H12N4O. The van der Waals surface area contributed by atoms with Gasteiger partial charge in [-0.3, -0.25) is 5.10 Å². The molecule has 0 fully saturated rings. The summed E-state index contributed by atoms with van der Waals surface area (Å²) in [5.74, 6) is 0.537. The van der Waals surface area contributed by atoms with Crippen molar-refractivity contribution in [2.75, 3.05) is 5.73 Å². The number of fused-ring (bicyclic) bond motifs is 1. The van der Waals surface area contributed by atoms with Gasteiger partial charge in [0.1, 0.15) is 11.6 Å². The number of aromatic amines is 1. The van der Waals surface area contributed by atoms with Gasteiger partial charge in [0, 0.05) is 22.7 Å². The van der Waals surface area contributed by atoms with Crippen molar-refractivity contribution in [1.29, 1.82) is 0 Å². The Kier molecular flexibility index (Phi) is 2.19. The van der Waals surface area contributed by atoms with E-state index in [-0.39, 0.29) is 5.75 Å². The van der Waals surface area contributed by atoms with Crippen LogP contribution >= 0.6 is 0 Å². The summed E-state index contributed by atoms with van der Waals surface area (Å²) in [5, 5.41) is 17.5. The van der Waals surface area contributed by atoms with Gasteiger partial charge in [-0.25, -0.2) is 4.98 Å². The molecule has 0 spiro atoms. The van der Waals surface area contributed by atoms with Crippen LogP contribution in [-0.4, -0.2) is 20.3 Å². The van der Waals surface area contributed by atoms with E-state index in [2.05, 4.69) is 15.2 Å². The number of hydrogen-bond donors (Lipinski definition) is 3. The number of nitrogens with two attached hydrogens (primary N) is 1. The van der Waals surface area contributed by atoms with E-state index < -0.39 is 0 Å². The molecule has 3 rings (SSSR count). The largest absolute Gasteiger partial charge is 0.507 e. The number of pyridine rings is 1. The fourth-order valence-electron chi connectivity index (χ4n) is 1.95. The SMILES string of the molecule is Cc1c(N)nc2cc(-c3ccn[nH]3)ccc2c1O. The third-order valence-corrected chi connectivity index (χ3v) is 3.04. The van der Waals surface area contributed by atoms with E-state index in [1.807, 2.05) is 24.3 Å². The topological polar surface area (TPSA) is 87.8 Å². The molecule has 0 unspecified atom stereocenters. The molecule has 0 aliphatic heterocycles. The second-order valence-corrected chi connectivity index (χ2v) is 4.17. The van der Waals surface area contributed by atoms with Crippen LogP contribution in [0, 0.1) is 6.92 Å². The molecule has 5 nitrogen and oxygen atoms in total. The van der Waals surface area contributed by atoms with Crippen molar-refractivity contribution in [1.82, 2.24) is 15.2 Å². The first-order valence-corrected chi connectivity index (χ1v) is 5.55. The Morgan fingerprint density at radius 3 is 2.83 bits per heavy atom. The van der Waals surface area contributed by atoms with Crippen LogP contribution < -0.4 is 5.73 Å². The Balaban J connectivity index is 2.28. The molecule has 5 heteroatoms. The number of aromatic nitrogens is 3. The molecule has 0 saturated heterocycles. The number of benzene rings is 1. The average molecular weight is 240 g/mol. The van der Waals surface area contributed by atoms with Gasteiger partial charge in [0.05, 0.1) is 11.2 Å². The maximum absolute atomic E-state index is 10.0. The molecule has 0 radical (unpaired) electrons. The minimum absolute atomic E-state index is 0.189. The number of hydrogen-bond acceptors (Lipinski definition) is 4. The first-order valence-electron chi connectivity index (χ1n) is 5.55. The highest BCUT2D eigenvalue weighted by Gasteiger charge is 2.10. The van der Waals surface area contributed by atoms with Gasteiger partial charge >= 0.3 is 0 Å². The van der Waals surface area contributed by atoms with Crippen molar-refractivity contribution in [3.63, 3.8) is 0 Å². The quantitative estimate of drug-likeness (QED) is 0.608. The molecule has 1 aromatic carbocycles. The number of anilines is 1. The molecule has 90 valence electrons. The van der Waals surface area contributed by atoms with E-state index in [9.17, 15) is 5.11 Å². The molecule has 0 bridgehead atoms. The molecule has 0 saturated carbocycles. The second-order valence-electron chi connectivity index (χ2n) is 4.17. The van der Waals surface area contributed by atoms with Crippen LogP contribution in [0.15, 0.2) is 30.5 Å². The van der Waals surface area contributed by atoms with Crippen LogP contribution in [0.2, 0.25) is 0 Å². The highest BCUT2D eigenvalue weighted by atomic mass is 16.3. The third kappa shape index (κ3) is 1.48. The minimum atomic E-state index is 0.189. The number of nitrogens with one attached hydrogen (secondary N) is 1. The summed E-state index contributed by atoms with van der Waals surface area (Å²) in [6.07, 6.45) is 1.69. The summed E-state index contributed by atoms with van der Waals surface area (Å²) in [4.78, 5) is 4.29. The lowest BCUT2D eigenvalue weighted by atomic mass is 10.1. The lowest BCUT2D eigenvalue weighted by molar-refractivity contribution is 0.477. The Morgan fingerprint density at radius 1 is 1.28 bits per heavy atom. The average Bonchev–Trinajstić information content (AvgIpc) is 2.89. The highest BCUT2D eigenvalue weighted by Crippen LogP contribution is 2.32. The van der Waals surface area contributed by atoms with Crippen LogP contribution in [-0.2, 0) is 0 Å². The fraction of sp³-hybridized carbons (Fsp3) is 0.0769.